The molecule has 2 aromatic rings. The predicted octanol–water partition coefficient (Wildman–Crippen LogP) is 2.90. The Balaban J connectivity index is 2.86. The molecule has 0 fully saturated rings. The lowest BCUT2D eigenvalue weighted by Crippen LogP contribution is -1.94. The van der Waals surface area contributed by atoms with E-state index in [2.05, 4.69) is 0 Å². The molecule has 1 heterocycles. The Bertz CT molecular complexity index is 523. The molecule has 1 N–H and O–H groups in total. The molecule has 0 saturated heterocycles. The second-order valence-electron chi connectivity index (χ2n) is 3.46. The van der Waals surface area contributed by atoms with E-state index in [0.29, 0.717) is 28.7 Å². The van der Waals surface area contributed by atoms with Gasteiger partial charge >= 0.3 is 0 Å². The van der Waals surface area contributed by atoms with Gasteiger partial charge in [-0.2, -0.15) is 0 Å². The number of phenols is 1. The average molecular weight is 204 g/mol. The number of benzene rings is 1. The van der Waals surface area contributed by atoms with Crippen LogP contribution in [0.25, 0.3) is 11.0 Å². The molecule has 0 aliphatic rings. The van der Waals surface area contributed by atoms with Crippen molar-refractivity contribution >= 4 is 16.8 Å². The minimum Gasteiger partial charge on any atom is -0.504 e. The van der Waals surface area contributed by atoms with Crippen molar-refractivity contribution in [2.24, 2.45) is 0 Å². The third-order valence-corrected chi connectivity index (χ3v) is 2.44. The van der Waals surface area contributed by atoms with Crippen LogP contribution in [-0.2, 0) is 6.42 Å². The number of rotatable bonds is 2. The van der Waals surface area contributed by atoms with E-state index >= 15 is 0 Å². The summed E-state index contributed by atoms with van der Waals surface area (Å²) in [6.07, 6.45) is 0.642. The average Bonchev–Trinajstić information content (AvgIpc) is 2.57. The molecule has 3 heteroatoms. The first-order chi connectivity index (χ1) is 7.15. The lowest BCUT2D eigenvalue weighted by molar-refractivity contribution is 0.101. The number of ketones is 1. The predicted molar refractivity (Wildman–Crippen MR) is 57.3 cm³/mol. The van der Waals surface area contributed by atoms with Crippen molar-refractivity contribution in [3.63, 3.8) is 0 Å². The number of aromatic hydroxyl groups is 1. The number of Topliss-reactive ketones (excluding diaryl/α,β-unsaturated/α-hetero) is 1. The van der Waals surface area contributed by atoms with Crippen LogP contribution in [0.3, 0.4) is 0 Å². The SMILES string of the molecule is CCc1oc2c(O)cccc2c1C(C)=O. The van der Waals surface area contributed by atoms with Crippen LogP contribution in [0.4, 0.5) is 0 Å². The van der Waals surface area contributed by atoms with Gasteiger partial charge in [0.15, 0.2) is 17.1 Å². The van der Waals surface area contributed by atoms with Crippen LogP contribution in [0.2, 0.25) is 0 Å². The van der Waals surface area contributed by atoms with Gasteiger partial charge in [0, 0.05) is 11.8 Å². The van der Waals surface area contributed by atoms with Crippen LogP contribution in [0, 0.1) is 0 Å². The van der Waals surface area contributed by atoms with E-state index in [1.807, 2.05) is 6.92 Å². The molecular formula is C12H12O3. The quantitative estimate of drug-likeness (QED) is 0.765. The summed E-state index contributed by atoms with van der Waals surface area (Å²) in [5.41, 5.74) is 0.989. The van der Waals surface area contributed by atoms with Gasteiger partial charge in [-0.3, -0.25) is 4.79 Å². The molecule has 0 unspecified atom stereocenters. The molecule has 15 heavy (non-hydrogen) atoms. The highest BCUT2D eigenvalue weighted by atomic mass is 16.4. The number of hydrogen-bond donors (Lipinski definition) is 1. The van der Waals surface area contributed by atoms with E-state index in [0.717, 1.165) is 0 Å². The fraction of sp³-hybridized carbons (Fsp3) is 0.250. The highest BCUT2D eigenvalue weighted by Crippen LogP contribution is 2.32. The van der Waals surface area contributed by atoms with Crippen molar-refractivity contribution < 1.29 is 14.3 Å². The van der Waals surface area contributed by atoms with Crippen molar-refractivity contribution in [3.8, 4) is 5.75 Å². The molecule has 0 amide bonds. The molecule has 1 aromatic carbocycles. The highest BCUT2D eigenvalue weighted by Gasteiger charge is 2.17. The monoisotopic (exact) mass is 204 g/mol. The summed E-state index contributed by atoms with van der Waals surface area (Å²) in [5, 5.41) is 10.3. The van der Waals surface area contributed by atoms with E-state index < -0.39 is 0 Å². The van der Waals surface area contributed by atoms with Crippen LogP contribution in [0.15, 0.2) is 22.6 Å². The van der Waals surface area contributed by atoms with E-state index in [1.54, 1.807) is 18.2 Å². The zero-order chi connectivity index (χ0) is 11.0. The number of aryl methyl sites for hydroxylation is 1. The van der Waals surface area contributed by atoms with Gasteiger partial charge in [0.2, 0.25) is 0 Å². The Hall–Kier alpha value is -1.77. The van der Waals surface area contributed by atoms with Gasteiger partial charge in [0.25, 0.3) is 0 Å². The second-order valence-corrected chi connectivity index (χ2v) is 3.46. The number of carbonyl (C=O) groups excluding carboxylic acids is 1. The standard InChI is InChI=1S/C12H12O3/c1-3-10-11(7(2)13)8-5-4-6-9(14)12(8)15-10/h4-6,14H,3H2,1-2H3. The first-order valence-electron chi connectivity index (χ1n) is 4.89. The summed E-state index contributed by atoms with van der Waals surface area (Å²) >= 11 is 0. The maximum absolute atomic E-state index is 11.5. The molecule has 0 saturated carbocycles. The summed E-state index contributed by atoms with van der Waals surface area (Å²) in [5.74, 6) is 0.685. The summed E-state index contributed by atoms with van der Waals surface area (Å²) in [4.78, 5) is 11.5. The fourth-order valence-electron chi connectivity index (χ4n) is 1.79. The summed E-state index contributed by atoms with van der Waals surface area (Å²) in [6, 6.07) is 5.04. The van der Waals surface area contributed by atoms with Crippen molar-refractivity contribution in [2.75, 3.05) is 0 Å². The number of furan rings is 1. The van der Waals surface area contributed by atoms with Crippen molar-refractivity contribution in [3.05, 3.63) is 29.5 Å². The molecule has 0 radical (unpaired) electrons. The normalized spacial score (nSPS) is 10.8. The molecule has 2 rings (SSSR count). The Morgan fingerprint density at radius 3 is 2.80 bits per heavy atom. The van der Waals surface area contributed by atoms with Gasteiger partial charge in [-0.1, -0.05) is 19.1 Å². The molecular weight excluding hydrogens is 192 g/mol. The van der Waals surface area contributed by atoms with E-state index in [9.17, 15) is 9.90 Å². The van der Waals surface area contributed by atoms with Crippen molar-refractivity contribution in [2.45, 2.75) is 20.3 Å². The van der Waals surface area contributed by atoms with Gasteiger partial charge in [-0.15, -0.1) is 0 Å². The third-order valence-electron chi connectivity index (χ3n) is 2.44. The Morgan fingerprint density at radius 2 is 2.20 bits per heavy atom. The number of hydrogen-bond acceptors (Lipinski definition) is 3. The van der Waals surface area contributed by atoms with Gasteiger partial charge in [0.05, 0.1) is 5.56 Å². The first-order valence-corrected chi connectivity index (χ1v) is 4.89. The first kappa shape index (κ1) is 9.77. The van der Waals surface area contributed by atoms with Gasteiger partial charge < -0.3 is 9.52 Å². The minimum absolute atomic E-state index is 0.0313. The van der Waals surface area contributed by atoms with Gasteiger partial charge in [-0.05, 0) is 13.0 Å². The fourth-order valence-corrected chi connectivity index (χ4v) is 1.79. The molecule has 0 spiro atoms. The van der Waals surface area contributed by atoms with Crippen molar-refractivity contribution in [1.29, 1.82) is 0 Å². The Labute approximate surface area is 87.3 Å². The minimum atomic E-state index is -0.0313. The number of fused-ring (bicyclic) bond motifs is 1. The Morgan fingerprint density at radius 1 is 1.47 bits per heavy atom. The number of para-hydroxylation sites is 1. The largest absolute Gasteiger partial charge is 0.504 e. The zero-order valence-corrected chi connectivity index (χ0v) is 8.70. The molecule has 0 bridgehead atoms. The van der Waals surface area contributed by atoms with Crippen molar-refractivity contribution in [1.82, 2.24) is 0 Å². The van der Waals surface area contributed by atoms with Crippen LogP contribution in [-0.4, -0.2) is 10.9 Å². The molecule has 0 aliphatic heterocycles. The molecule has 0 atom stereocenters. The van der Waals surface area contributed by atoms with E-state index in [1.165, 1.54) is 6.92 Å². The second kappa shape index (κ2) is 3.42. The lowest BCUT2D eigenvalue weighted by Gasteiger charge is -1.94. The van der Waals surface area contributed by atoms with E-state index in [-0.39, 0.29) is 11.5 Å². The summed E-state index contributed by atoms with van der Waals surface area (Å²) in [6.45, 7) is 3.43. The maximum atomic E-state index is 11.5. The van der Waals surface area contributed by atoms with Gasteiger partial charge in [-0.25, -0.2) is 0 Å². The maximum Gasteiger partial charge on any atom is 0.176 e. The molecule has 78 valence electrons. The molecule has 1 aromatic heterocycles. The molecule has 0 aliphatic carbocycles. The summed E-state index contributed by atoms with van der Waals surface area (Å²) in [7, 11) is 0. The zero-order valence-electron chi connectivity index (χ0n) is 8.70. The summed E-state index contributed by atoms with van der Waals surface area (Å²) < 4.78 is 5.47. The third kappa shape index (κ3) is 1.40. The van der Waals surface area contributed by atoms with Crippen LogP contribution in [0.5, 0.6) is 5.75 Å². The van der Waals surface area contributed by atoms with E-state index in [4.69, 9.17) is 4.42 Å². The van der Waals surface area contributed by atoms with Crippen LogP contribution < -0.4 is 0 Å². The number of phenolic OH excluding ortho intramolecular Hbond substituents is 1. The number of carbonyl (C=O) groups is 1. The lowest BCUT2D eigenvalue weighted by atomic mass is 10.1. The highest BCUT2D eigenvalue weighted by molar-refractivity contribution is 6.08. The van der Waals surface area contributed by atoms with Crippen LogP contribution in [0.1, 0.15) is 30.0 Å². The van der Waals surface area contributed by atoms with Crippen LogP contribution >= 0.6 is 0 Å². The topological polar surface area (TPSA) is 50.4 Å². The van der Waals surface area contributed by atoms with Gasteiger partial charge in [0.1, 0.15) is 5.76 Å². The smallest absolute Gasteiger partial charge is 0.176 e. The Kier molecular flexibility index (Phi) is 2.23. The molecule has 3 nitrogen and oxygen atoms in total.